The van der Waals surface area contributed by atoms with Gasteiger partial charge in [-0.15, -0.1) is 11.3 Å². The van der Waals surface area contributed by atoms with Gasteiger partial charge in [0, 0.05) is 34.8 Å². The van der Waals surface area contributed by atoms with E-state index in [1.807, 2.05) is 11.3 Å². The van der Waals surface area contributed by atoms with E-state index in [1.165, 1.54) is 46.5 Å². The molecule has 1 N–H and O–H groups in total. The van der Waals surface area contributed by atoms with Crippen molar-refractivity contribution in [3.8, 4) is 0 Å². The number of benzene rings is 1. The van der Waals surface area contributed by atoms with Crippen LogP contribution in [0.3, 0.4) is 0 Å². The summed E-state index contributed by atoms with van der Waals surface area (Å²) >= 11 is 1.94. The quantitative estimate of drug-likeness (QED) is 0.818. The summed E-state index contributed by atoms with van der Waals surface area (Å²) in [5, 5.41) is 5.13. The molecule has 0 aliphatic heterocycles. The molecule has 1 fully saturated rings. The number of nitrogens with zero attached hydrogens (tertiary/aromatic N) is 1. The van der Waals surface area contributed by atoms with E-state index in [4.69, 9.17) is 0 Å². The van der Waals surface area contributed by atoms with Gasteiger partial charge in [-0.2, -0.15) is 0 Å². The molecule has 1 saturated carbocycles. The van der Waals surface area contributed by atoms with E-state index in [-0.39, 0.29) is 0 Å². The normalized spacial score (nSPS) is 16.8. The van der Waals surface area contributed by atoms with Crippen LogP contribution in [0.4, 0.5) is 0 Å². The molecule has 0 saturated heterocycles. The van der Waals surface area contributed by atoms with Crippen LogP contribution in [0.2, 0.25) is 0 Å². The highest BCUT2D eigenvalue weighted by atomic mass is 32.1. The molecule has 1 aliphatic rings. The van der Waals surface area contributed by atoms with Crippen LogP contribution in [0.25, 0.3) is 10.1 Å². The van der Waals surface area contributed by atoms with E-state index >= 15 is 0 Å². The van der Waals surface area contributed by atoms with E-state index in [0.717, 1.165) is 12.6 Å². The largest absolute Gasteiger partial charge is 0.308 e. The van der Waals surface area contributed by atoms with Crippen LogP contribution < -0.4 is 5.32 Å². The van der Waals surface area contributed by atoms with Crippen molar-refractivity contribution in [1.29, 1.82) is 0 Å². The molecule has 1 atom stereocenters. The van der Waals surface area contributed by atoms with Gasteiger partial charge in [0.25, 0.3) is 0 Å². The van der Waals surface area contributed by atoms with Gasteiger partial charge in [-0.25, -0.2) is 0 Å². The number of thiophene rings is 1. The zero-order valence-corrected chi connectivity index (χ0v) is 14.2. The van der Waals surface area contributed by atoms with Gasteiger partial charge in [-0.1, -0.05) is 25.1 Å². The second-order valence-electron chi connectivity index (χ2n) is 6.12. The van der Waals surface area contributed by atoms with Crippen LogP contribution in [-0.2, 0) is 0 Å². The van der Waals surface area contributed by atoms with Crippen molar-refractivity contribution in [3.05, 3.63) is 34.7 Å². The van der Waals surface area contributed by atoms with E-state index in [1.54, 1.807) is 0 Å². The first kappa shape index (κ1) is 15.0. The summed E-state index contributed by atoms with van der Waals surface area (Å²) in [4.78, 5) is 4.10. The van der Waals surface area contributed by atoms with Gasteiger partial charge in [0.05, 0.1) is 0 Å². The lowest BCUT2D eigenvalue weighted by atomic mass is 10.1. The fraction of sp³-hybridized carbons (Fsp3) is 0.556. The van der Waals surface area contributed by atoms with Crippen molar-refractivity contribution in [2.75, 3.05) is 19.6 Å². The van der Waals surface area contributed by atoms with E-state index in [2.05, 4.69) is 55.3 Å². The Morgan fingerprint density at radius 3 is 2.76 bits per heavy atom. The molecular formula is C18H26N2S. The van der Waals surface area contributed by atoms with Crippen LogP contribution in [0.1, 0.15) is 43.2 Å². The number of nitrogens with one attached hydrogen (secondary N) is 1. The average molecular weight is 302 g/mol. The summed E-state index contributed by atoms with van der Waals surface area (Å²) in [6.45, 7) is 10.3. The number of rotatable bonds is 7. The molecule has 21 heavy (non-hydrogen) atoms. The Morgan fingerprint density at radius 2 is 2.10 bits per heavy atom. The fourth-order valence-corrected chi connectivity index (χ4v) is 4.40. The lowest BCUT2D eigenvalue weighted by Crippen LogP contribution is -2.34. The Morgan fingerprint density at radius 1 is 1.33 bits per heavy atom. The van der Waals surface area contributed by atoms with Gasteiger partial charge < -0.3 is 5.32 Å². The maximum absolute atomic E-state index is 3.72. The highest BCUT2D eigenvalue weighted by Crippen LogP contribution is 2.34. The van der Waals surface area contributed by atoms with Gasteiger partial charge in [0.15, 0.2) is 0 Å². The second-order valence-corrected chi connectivity index (χ2v) is 7.21. The molecule has 2 aromatic rings. The van der Waals surface area contributed by atoms with E-state index in [0.29, 0.717) is 6.04 Å². The smallest absolute Gasteiger partial charge is 0.0389 e. The predicted octanol–water partition coefficient (Wildman–Crippen LogP) is 4.34. The Labute approximate surface area is 132 Å². The van der Waals surface area contributed by atoms with Crippen LogP contribution in [0.15, 0.2) is 24.3 Å². The highest BCUT2D eigenvalue weighted by Gasteiger charge is 2.27. The number of hydrogen-bond acceptors (Lipinski definition) is 3. The molecule has 0 amide bonds. The monoisotopic (exact) mass is 302 g/mol. The zero-order valence-electron chi connectivity index (χ0n) is 13.4. The average Bonchev–Trinajstić information content (AvgIpc) is 3.28. The number of aryl methyl sites for hydroxylation is 1. The predicted molar refractivity (Wildman–Crippen MR) is 93.2 cm³/mol. The van der Waals surface area contributed by atoms with Gasteiger partial charge >= 0.3 is 0 Å². The standard InChI is InChI=1S/C18H26N2S/c1-4-20(15-9-10-15)12-11-19-14(3)18-13(2)16-7-5-6-8-17(16)21-18/h5-8,14-15,19H,4,9-12H2,1-3H3. The minimum Gasteiger partial charge on any atom is -0.308 e. The Hall–Kier alpha value is -0.900. The van der Waals surface area contributed by atoms with Crippen molar-refractivity contribution in [1.82, 2.24) is 10.2 Å². The molecule has 0 spiro atoms. The molecule has 0 radical (unpaired) electrons. The van der Waals surface area contributed by atoms with Gasteiger partial charge in [-0.3, -0.25) is 4.90 Å². The van der Waals surface area contributed by atoms with Gasteiger partial charge in [0.1, 0.15) is 0 Å². The molecule has 114 valence electrons. The molecule has 3 rings (SSSR count). The van der Waals surface area contributed by atoms with Crippen molar-refractivity contribution >= 4 is 21.4 Å². The molecule has 1 aromatic carbocycles. The van der Waals surface area contributed by atoms with Crippen molar-refractivity contribution < 1.29 is 0 Å². The third-order valence-corrected chi connectivity index (χ3v) is 6.05. The first-order valence-corrected chi connectivity index (χ1v) is 8.97. The fourth-order valence-electron chi connectivity index (χ4n) is 3.16. The molecule has 1 aromatic heterocycles. The number of hydrogen-bond donors (Lipinski definition) is 1. The van der Waals surface area contributed by atoms with Crippen molar-refractivity contribution in [2.24, 2.45) is 0 Å². The molecule has 1 aliphatic carbocycles. The van der Waals surface area contributed by atoms with Crippen LogP contribution >= 0.6 is 11.3 Å². The minimum absolute atomic E-state index is 0.445. The van der Waals surface area contributed by atoms with Crippen LogP contribution in [-0.4, -0.2) is 30.6 Å². The molecular weight excluding hydrogens is 276 g/mol. The van der Waals surface area contributed by atoms with Crippen LogP contribution in [0.5, 0.6) is 0 Å². The maximum Gasteiger partial charge on any atom is 0.0389 e. The minimum atomic E-state index is 0.445. The molecule has 3 heteroatoms. The first-order chi connectivity index (χ1) is 10.2. The van der Waals surface area contributed by atoms with Crippen molar-refractivity contribution in [3.63, 3.8) is 0 Å². The lowest BCUT2D eigenvalue weighted by Gasteiger charge is -2.21. The van der Waals surface area contributed by atoms with E-state index < -0.39 is 0 Å². The summed E-state index contributed by atoms with van der Waals surface area (Å²) in [6.07, 6.45) is 2.80. The zero-order chi connectivity index (χ0) is 14.8. The highest BCUT2D eigenvalue weighted by molar-refractivity contribution is 7.19. The lowest BCUT2D eigenvalue weighted by molar-refractivity contribution is 0.273. The third kappa shape index (κ3) is 3.31. The molecule has 1 unspecified atom stereocenters. The SMILES string of the molecule is CCN(CCNC(C)c1sc2ccccc2c1C)C1CC1. The van der Waals surface area contributed by atoms with Crippen LogP contribution in [0, 0.1) is 6.92 Å². The number of likely N-dealkylation sites (N-methyl/N-ethyl adjacent to an activating group) is 1. The molecule has 2 nitrogen and oxygen atoms in total. The van der Waals surface area contributed by atoms with E-state index in [9.17, 15) is 0 Å². The summed E-state index contributed by atoms with van der Waals surface area (Å²) in [5.41, 5.74) is 1.45. The molecule has 1 heterocycles. The summed E-state index contributed by atoms with van der Waals surface area (Å²) in [6, 6.07) is 10.1. The van der Waals surface area contributed by atoms with Crippen molar-refractivity contribution in [2.45, 2.75) is 45.7 Å². The topological polar surface area (TPSA) is 15.3 Å². The van der Waals surface area contributed by atoms with Gasteiger partial charge in [0.2, 0.25) is 0 Å². The Bertz CT molecular complexity index is 600. The molecule has 0 bridgehead atoms. The second kappa shape index (κ2) is 6.47. The Kier molecular flexibility index (Phi) is 4.63. The summed E-state index contributed by atoms with van der Waals surface area (Å²) in [7, 11) is 0. The summed E-state index contributed by atoms with van der Waals surface area (Å²) < 4.78 is 1.41. The number of fused-ring (bicyclic) bond motifs is 1. The third-order valence-electron chi connectivity index (χ3n) is 4.59. The van der Waals surface area contributed by atoms with Gasteiger partial charge in [-0.05, 0) is 50.2 Å². The maximum atomic E-state index is 3.72. The first-order valence-electron chi connectivity index (χ1n) is 8.16. The Balaban J connectivity index is 1.61. The summed E-state index contributed by atoms with van der Waals surface area (Å²) in [5.74, 6) is 0.